The number of hydrogen-bond acceptors (Lipinski definition) is 3. The summed E-state index contributed by atoms with van der Waals surface area (Å²) in [5, 5.41) is 3.35. The molecule has 0 unspecified atom stereocenters. The molecule has 22 heavy (non-hydrogen) atoms. The van der Waals surface area contributed by atoms with Crippen LogP contribution in [0.4, 0.5) is 5.00 Å². The minimum Gasteiger partial charge on any atom is -0.365 e. The van der Waals surface area contributed by atoms with Gasteiger partial charge in [-0.1, -0.05) is 30.3 Å². The van der Waals surface area contributed by atoms with E-state index >= 15 is 0 Å². The third kappa shape index (κ3) is 2.94. The first kappa shape index (κ1) is 14.5. The smallest absolute Gasteiger partial charge is 0.251 e. The van der Waals surface area contributed by atoms with Gasteiger partial charge >= 0.3 is 0 Å². The summed E-state index contributed by atoms with van der Waals surface area (Å²) in [7, 11) is 0. The third-order valence-electron chi connectivity index (χ3n) is 3.63. The van der Waals surface area contributed by atoms with Crippen molar-refractivity contribution in [2.75, 3.05) is 5.32 Å². The van der Waals surface area contributed by atoms with Gasteiger partial charge in [0.05, 0.1) is 5.56 Å². The van der Waals surface area contributed by atoms with E-state index in [9.17, 15) is 9.59 Å². The fourth-order valence-corrected chi connectivity index (χ4v) is 3.94. The predicted octanol–water partition coefficient (Wildman–Crippen LogP) is 2.99. The van der Waals surface area contributed by atoms with Gasteiger partial charge < -0.3 is 11.1 Å². The van der Waals surface area contributed by atoms with E-state index in [2.05, 4.69) is 5.32 Å². The van der Waals surface area contributed by atoms with E-state index in [0.29, 0.717) is 10.6 Å². The molecule has 4 nitrogen and oxygen atoms in total. The van der Waals surface area contributed by atoms with Crippen LogP contribution in [0.1, 0.15) is 32.8 Å². The van der Waals surface area contributed by atoms with Gasteiger partial charge in [-0.2, -0.15) is 0 Å². The van der Waals surface area contributed by atoms with Gasteiger partial charge in [-0.25, -0.2) is 0 Å². The maximum atomic E-state index is 12.0. The van der Waals surface area contributed by atoms with Gasteiger partial charge in [0.15, 0.2) is 0 Å². The highest BCUT2D eigenvalue weighted by molar-refractivity contribution is 7.17. The molecule has 2 amide bonds. The Morgan fingerprint density at radius 3 is 2.68 bits per heavy atom. The van der Waals surface area contributed by atoms with Crippen LogP contribution in [0.2, 0.25) is 0 Å². The number of thiophene rings is 1. The van der Waals surface area contributed by atoms with Gasteiger partial charge in [-0.05, 0) is 36.5 Å². The molecule has 1 aliphatic carbocycles. The van der Waals surface area contributed by atoms with Gasteiger partial charge in [0, 0.05) is 11.0 Å². The van der Waals surface area contributed by atoms with Crippen LogP contribution in [-0.4, -0.2) is 11.8 Å². The Labute approximate surface area is 132 Å². The van der Waals surface area contributed by atoms with Crippen LogP contribution >= 0.6 is 11.3 Å². The zero-order valence-corrected chi connectivity index (χ0v) is 12.8. The average molecular weight is 312 g/mol. The summed E-state index contributed by atoms with van der Waals surface area (Å²) < 4.78 is 0. The summed E-state index contributed by atoms with van der Waals surface area (Å²) in [6, 6.07) is 9.57. The van der Waals surface area contributed by atoms with Gasteiger partial charge in [-0.3, -0.25) is 9.59 Å². The van der Waals surface area contributed by atoms with Crippen molar-refractivity contribution in [3.63, 3.8) is 0 Å². The lowest BCUT2D eigenvalue weighted by molar-refractivity contribution is -0.111. The summed E-state index contributed by atoms with van der Waals surface area (Å²) in [4.78, 5) is 24.9. The highest BCUT2D eigenvalue weighted by Gasteiger charge is 2.25. The molecule has 0 fully saturated rings. The first-order valence-electron chi connectivity index (χ1n) is 7.13. The molecule has 0 aliphatic heterocycles. The Kier molecular flexibility index (Phi) is 4.06. The largest absolute Gasteiger partial charge is 0.365 e. The van der Waals surface area contributed by atoms with E-state index in [1.807, 2.05) is 30.3 Å². The Morgan fingerprint density at radius 2 is 1.95 bits per heavy atom. The van der Waals surface area contributed by atoms with Crippen molar-refractivity contribution in [3.05, 3.63) is 58.0 Å². The Morgan fingerprint density at radius 1 is 1.18 bits per heavy atom. The van der Waals surface area contributed by atoms with E-state index in [-0.39, 0.29) is 5.91 Å². The standard InChI is InChI=1S/C17H16N2O2S/c18-16(21)15-12-7-4-8-13(12)22-17(15)19-14(20)10-9-11-5-2-1-3-6-11/h1-3,5-6,9-10H,4,7-8H2,(H2,18,21)(H,19,20)/b10-9+. The number of nitrogens with one attached hydrogen (secondary N) is 1. The van der Waals surface area contributed by atoms with Crippen molar-refractivity contribution in [1.29, 1.82) is 0 Å². The second-order valence-electron chi connectivity index (χ2n) is 5.16. The maximum absolute atomic E-state index is 12.0. The molecule has 0 bridgehead atoms. The zero-order chi connectivity index (χ0) is 15.5. The molecule has 0 atom stereocenters. The van der Waals surface area contributed by atoms with Crippen molar-refractivity contribution in [3.8, 4) is 0 Å². The first-order chi connectivity index (χ1) is 10.6. The predicted molar refractivity (Wildman–Crippen MR) is 89.0 cm³/mol. The minimum atomic E-state index is -0.471. The average Bonchev–Trinajstić information content (AvgIpc) is 3.06. The fraction of sp³-hybridized carbons (Fsp3) is 0.176. The molecule has 0 saturated heterocycles. The van der Waals surface area contributed by atoms with Crippen molar-refractivity contribution in [1.82, 2.24) is 0 Å². The second kappa shape index (κ2) is 6.15. The van der Waals surface area contributed by atoms with Crippen LogP contribution in [0.15, 0.2) is 36.4 Å². The number of amides is 2. The van der Waals surface area contributed by atoms with E-state index < -0.39 is 5.91 Å². The zero-order valence-electron chi connectivity index (χ0n) is 12.0. The second-order valence-corrected chi connectivity index (χ2v) is 6.26. The lowest BCUT2D eigenvalue weighted by Crippen LogP contribution is -2.16. The fourth-order valence-electron chi connectivity index (χ4n) is 2.64. The molecule has 1 heterocycles. The van der Waals surface area contributed by atoms with Gasteiger partial charge in [0.25, 0.3) is 5.91 Å². The molecule has 0 radical (unpaired) electrons. The van der Waals surface area contributed by atoms with Gasteiger partial charge in [0.2, 0.25) is 5.91 Å². The number of fused-ring (bicyclic) bond motifs is 1. The first-order valence-corrected chi connectivity index (χ1v) is 7.95. The molecule has 0 saturated carbocycles. The normalized spacial score (nSPS) is 13.3. The Balaban J connectivity index is 1.77. The minimum absolute atomic E-state index is 0.258. The van der Waals surface area contributed by atoms with Crippen molar-refractivity contribution in [2.45, 2.75) is 19.3 Å². The number of nitrogens with two attached hydrogens (primary N) is 1. The van der Waals surface area contributed by atoms with Crippen LogP contribution in [-0.2, 0) is 17.6 Å². The molecule has 112 valence electrons. The molecule has 2 aromatic rings. The summed E-state index contributed by atoms with van der Waals surface area (Å²) in [6.45, 7) is 0. The number of carbonyl (C=O) groups is 2. The van der Waals surface area contributed by atoms with E-state index in [4.69, 9.17) is 5.73 Å². The highest BCUT2D eigenvalue weighted by Crippen LogP contribution is 2.38. The molecule has 1 aliphatic rings. The van der Waals surface area contributed by atoms with E-state index in [1.54, 1.807) is 6.08 Å². The Hall–Kier alpha value is -2.40. The summed E-state index contributed by atoms with van der Waals surface area (Å²) >= 11 is 1.46. The molecular weight excluding hydrogens is 296 g/mol. The van der Waals surface area contributed by atoms with Crippen LogP contribution in [0.25, 0.3) is 6.08 Å². The maximum Gasteiger partial charge on any atom is 0.251 e. The van der Waals surface area contributed by atoms with Crippen molar-refractivity contribution in [2.24, 2.45) is 5.73 Å². The summed E-state index contributed by atoms with van der Waals surface area (Å²) in [5.74, 6) is -0.729. The lowest BCUT2D eigenvalue weighted by atomic mass is 10.1. The van der Waals surface area contributed by atoms with Crippen LogP contribution in [0.5, 0.6) is 0 Å². The number of benzene rings is 1. The van der Waals surface area contributed by atoms with Gasteiger partial charge in [-0.15, -0.1) is 11.3 Å². The molecular formula is C17H16N2O2S. The van der Waals surface area contributed by atoms with Crippen LogP contribution in [0.3, 0.4) is 0 Å². The number of aryl methyl sites for hydroxylation is 1. The van der Waals surface area contributed by atoms with Crippen LogP contribution < -0.4 is 11.1 Å². The summed E-state index contributed by atoms with van der Waals surface area (Å²) in [6.07, 6.45) is 6.06. The van der Waals surface area contributed by atoms with Gasteiger partial charge in [0.1, 0.15) is 5.00 Å². The number of anilines is 1. The van der Waals surface area contributed by atoms with Crippen molar-refractivity contribution >= 4 is 34.2 Å². The number of primary amides is 1. The number of carbonyl (C=O) groups excluding carboxylic acids is 2. The molecule has 0 spiro atoms. The monoisotopic (exact) mass is 312 g/mol. The molecule has 1 aromatic carbocycles. The highest BCUT2D eigenvalue weighted by atomic mass is 32.1. The van der Waals surface area contributed by atoms with E-state index in [0.717, 1.165) is 35.3 Å². The third-order valence-corrected chi connectivity index (χ3v) is 4.84. The molecule has 3 rings (SSSR count). The molecule has 5 heteroatoms. The number of hydrogen-bond donors (Lipinski definition) is 2. The lowest BCUT2D eigenvalue weighted by Gasteiger charge is -2.03. The summed E-state index contributed by atoms with van der Waals surface area (Å²) in [5.41, 5.74) is 7.92. The Bertz CT molecular complexity index is 748. The quantitative estimate of drug-likeness (QED) is 0.852. The van der Waals surface area contributed by atoms with Crippen LogP contribution in [0, 0.1) is 0 Å². The van der Waals surface area contributed by atoms with Crippen molar-refractivity contribution < 1.29 is 9.59 Å². The molecule has 1 aromatic heterocycles. The van der Waals surface area contributed by atoms with E-state index in [1.165, 1.54) is 17.4 Å². The molecule has 3 N–H and O–H groups in total. The SMILES string of the molecule is NC(=O)c1c(NC(=O)/C=C/c2ccccc2)sc2c1CCC2. The topological polar surface area (TPSA) is 72.2 Å². The number of rotatable bonds is 4.